The SMILES string of the molecule is CN(C)c1ccc(-n2nnc(CN)c2C2CC2)cc1. The van der Waals surface area contributed by atoms with Crippen LogP contribution in [0.1, 0.15) is 30.1 Å². The Hall–Kier alpha value is -1.88. The molecule has 19 heavy (non-hydrogen) atoms. The van der Waals surface area contributed by atoms with E-state index in [0.29, 0.717) is 12.5 Å². The summed E-state index contributed by atoms with van der Waals surface area (Å²) in [6, 6.07) is 8.35. The molecule has 5 heteroatoms. The summed E-state index contributed by atoms with van der Waals surface area (Å²) in [4.78, 5) is 2.08. The van der Waals surface area contributed by atoms with Crippen LogP contribution in [0.2, 0.25) is 0 Å². The predicted octanol–water partition coefficient (Wildman–Crippen LogP) is 1.67. The summed E-state index contributed by atoms with van der Waals surface area (Å²) in [6.45, 7) is 0.460. The summed E-state index contributed by atoms with van der Waals surface area (Å²) in [5.74, 6) is 0.585. The van der Waals surface area contributed by atoms with Gasteiger partial charge in [-0.1, -0.05) is 5.21 Å². The molecule has 1 aromatic carbocycles. The maximum atomic E-state index is 5.75. The number of rotatable bonds is 4. The maximum Gasteiger partial charge on any atom is 0.100 e. The van der Waals surface area contributed by atoms with Crippen LogP contribution in [-0.2, 0) is 6.54 Å². The predicted molar refractivity (Wildman–Crippen MR) is 75.6 cm³/mol. The van der Waals surface area contributed by atoms with Gasteiger partial charge in [0.15, 0.2) is 0 Å². The van der Waals surface area contributed by atoms with E-state index < -0.39 is 0 Å². The van der Waals surface area contributed by atoms with Gasteiger partial charge < -0.3 is 10.6 Å². The lowest BCUT2D eigenvalue weighted by molar-refractivity contribution is 0.763. The van der Waals surface area contributed by atoms with Crippen molar-refractivity contribution in [3.8, 4) is 5.69 Å². The minimum atomic E-state index is 0.460. The van der Waals surface area contributed by atoms with E-state index in [1.54, 1.807) is 0 Å². The van der Waals surface area contributed by atoms with E-state index in [1.807, 2.05) is 18.8 Å². The quantitative estimate of drug-likeness (QED) is 0.905. The topological polar surface area (TPSA) is 60.0 Å². The second-order valence-corrected chi connectivity index (χ2v) is 5.22. The Morgan fingerprint density at radius 3 is 2.47 bits per heavy atom. The van der Waals surface area contributed by atoms with Gasteiger partial charge >= 0.3 is 0 Å². The van der Waals surface area contributed by atoms with E-state index in [2.05, 4.69) is 39.5 Å². The average Bonchev–Trinajstić information content (AvgIpc) is 3.17. The minimum Gasteiger partial charge on any atom is -0.378 e. The molecule has 0 aliphatic heterocycles. The molecule has 1 aliphatic carbocycles. The summed E-state index contributed by atoms with van der Waals surface area (Å²) in [5, 5.41) is 8.47. The van der Waals surface area contributed by atoms with Crippen molar-refractivity contribution in [2.45, 2.75) is 25.3 Å². The van der Waals surface area contributed by atoms with Gasteiger partial charge in [0.2, 0.25) is 0 Å². The first kappa shape index (κ1) is 12.2. The van der Waals surface area contributed by atoms with Crippen LogP contribution in [0.3, 0.4) is 0 Å². The van der Waals surface area contributed by atoms with E-state index in [-0.39, 0.29) is 0 Å². The van der Waals surface area contributed by atoms with E-state index in [9.17, 15) is 0 Å². The van der Waals surface area contributed by atoms with Crippen LogP contribution in [0.25, 0.3) is 5.69 Å². The van der Waals surface area contributed by atoms with Gasteiger partial charge in [-0.05, 0) is 37.1 Å². The van der Waals surface area contributed by atoms with Gasteiger partial charge in [0.25, 0.3) is 0 Å². The Morgan fingerprint density at radius 2 is 1.95 bits per heavy atom. The van der Waals surface area contributed by atoms with Crippen molar-refractivity contribution in [2.24, 2.45) is 5.73 Å². The monoisotopic (exact) mass is 257 g/mol. The van der Waals surface area contributed by atoms with Gasteiger partial charge in [0.1, 0.15) is 5.69 Å². The molecule has 1 aromatic heterocycles. The fourth-order valence-electron chi connectivity index (χ4n) is 2.31. The molecule has 1 aliphatic rings. The third kappa shape index (κ3) is 2.21. The Bertz CT molecular complexity index is 566. The van der Waals surface area contributed by atoms with Crippen LogP contribution in [0, 0.1) is 0 Å². The lowest BCUT2D eigenvalue weighted by Gasteiger charge is -2.13. The van der Waals surface area contributed by atoms with Gasteiger partial charge in [0, 0.05) is 32.2 Å². The summed E-state index contributed by atoms with van der Waals surface area (Å²) in [6.07, 6.45) is 2.44. The van der Waals surface area contributed by atoms with Crippen molar-refractivity contribution in [1.82, 2.24) is 15.0 Å². The first-order valence-electron chi connectivity index (χ1n) is 6.63. The van der Waals surface area contributed by atoms with Crippen molar-refractivity contribution in [3.05, 3.63) is 35.7 Å². The van der Waals surface area contributed by atoms with Crippen molar-refractivity contribution in [3.63, 3.8) is 0 Å². The van der Waals surface area contributed by atoms with Gasteiger partial charge in [-0.2, -0.15) is 0 Å². The smallest absolute Gasteiger partial charge is 0.100 e. The average molecular weight is 257 g/mol. The van der Waals surface area contributed by atoms with Gasteiger partial charge in [-0.3, -0.25) is 0 Å². The summed E-state index contributed by atoms with van der Waals surface area (Å²) in [5.41, 5.74) is 10.1. The van der Waals surface area contributed by atoms with Crippen LogP contribution >= 0.6 is 0 Å². The highest BCUT2D eigenvalue weighted by atomic mass is 15.4. The number of nitrogens with zero attached hydrogens (tertiary/aromatic N) is 4. The van der Waals surface area contributed by atoms with Crippen LogP contribution in [-0.4, -0.2) is 29.1 Å². The molecule has 1 fully saturated rings. The molecular formula is C14H19N5. The summed E-state index contributed by atoms with van der Waals surface area (Å²) >= 11 is 0. The lowest BCUT2D eigenvalue weighted by atomic mass is 10.2. The molecule has 2 aromatic rings. The minimum absolute atomic E-state index is 0.460. The first-order valence-corrected chi connectivity index (χ1v) is 6.63. The molecule has 0 unspecified atom stereocenters. The standard InChI is InChI=1S/C14H19N5/c1-18(2)11-5-7-12(8-6-11)19-14(10-3-4-10)13(9-15)16-17-19/h5-8,10H,3-4,9,15H2,1-2H3. The first-order chi connectivity index (χ1) is 9.20. The molecule has 1 heterocycles. The second-order valence-electron chi connectivity index (χ2n) is 5.22. The molecule has 0 bridgehead atoms. The van der Waals surface area contributed by atoms with Gasteiger partial charge in [-0.15, -0.1) is 5.10 Å². The third-order valence-corrected chi connectivity index (χ3v) is 3.55. The molecule has 0 radical (unpaired) electrons. The van der Waals surface area contributed by atoms with Crippen molar-refractivity contribution >= 4 is 5.69 Å². The van der Waals surface area contributed by atoms with E-state index in [4.69, 9.17) is 5.73 Å². The Morgan fingerprint density at radius 1 is 1.26 bits per heavy atom. The largest absolute Gasteiger partial charge is 0.378 e. The zero-order valence-corrected chi connectivity index (χ0v) is 11.4. The van der Waals surface area contributed by atoms with Gasteiger partial charge in [-0.25, -0.2) is 4.68 Å². The van der Waals surface area contributed by atoms with Crippen LogP contribution in [0.15, 0.2) is 24.3 Å². The number of aromatic nitrogens is 3. The fourth-order valence-corrected chi connectivity index (χ4v) is 2.31. The second kappa shape index (κ2) is 4.66. The van der Waals surface area contributed by atoms with Crippen LogP contribution in [0.5, 0.6) is 0 Å². The van der Waals surface area contributed by atoms with E-state index in [0.717, 1.165) is 11.4 Å². The highest BCUT2D eigenvalue weighted by Crippen LogP contribution is 2.41. The van der Waals surface area contributed by atoms with Crippen molar-refractivity contribution in [1.29, 1.82) is 0 Å². The number of nitrogens with two attached hydrogens (primary N) is 1. The number of benzene rings is 1. The highest BCUT2D eigenvalue weighted by Gasteiger charge is 2.31. The Kier molecular flexibility index (Phi) is 2.98. The maximum absolute atomic E-state index is 5.75. The van der Waals surface area contributed by atoms with Crippen LogP contribution < -0.4 is 10.6 Å². The lowest BCUT2D eigenvalue weighted by Crippen LogP contribution is -2.09. The fraction of sp³-hybridized carbons (Fsp3) is 0.429. The number of anilines is 1. The van der Waals surface area contributed by atoms with Crippen LogP contribution in [0.4, 0.5) is 5.69 Å². The van der Waals surface area contributed by atoms with Gasteiger partial charge in [0.05, 0.1) is 11.4 Å². The number of hydrogen-bond donors (Lipinski definition) is 1. The molecule has 100 valence electrons. The molecular weight excluding hydrogens is 238 g/mol. The molecule has 5 nitrogen and oxygen atoms in total. The third-order valence-electron chi connectivity index (χ3n) is 3.55. The molecule has 0 atom stereocenters. The molecule has 0 amide bonds. The normalized spacial score (nSPS) is 14.7. The Labute approximate surface area is 113 Å². The highest BCUT2D eigenvalue weighted by molar-refractivity contribution is 5.50. The zero-order valence-electron chi connectivity index (χ0n) is 11.4. The summed E-state index contributed by atoms with van der Waals surface area (Å²) in [7, 11) is 4.07. The molecule has 1 saturated carbocycles. The number of hydrogen-bond acceptors (Lipinski definition) is 4. The molecule has 3 rings (SSSR count). The van der Waals surface area contributed by atoms with Crippen molar-refractivity contribution < 1.29 is 0 Å². The Balaban J connectivity index is 1.99. The van der Waals surface area contributed by atoms with E-state index >= 15 is 0 Å². The van der Waals surface area contributed by atoms with E-state index in [1.165, 1.54) is 24.2 Å². The molecule has 0 saturated heterocycles. The molecule has 0 spiro atoms. The summed E-state index contributed by atoms with van der Waals surface area (Å²) < 4.78 is 1.94. The van der Waals surface area contributed by atoms with Crippen molar-refractivity contribution in [2.75, 3.05) is 19.0 Å². The molecule has 2 N–H and O–H groups in total. The zero-order chi connectivity index (χ0) is 13.4.